The highest BCUT2D eigenvalue weighted by Gasteiger charge is 2.25. The third-order valence-corrected chi connectivity index (χ3v) is 7.35. The largest absolute Gasteiger partial charge is 0.369 e. The van der Waals surface area contributed by atoms with E-state index in [1.807, 2.05) is 6.26 Å². The predicted molar refractivity (Wildman–Crippen MR) is 111 cm³/mol. The van der Waals surface area contributed by atoms with E-state index in [0.717, 1.165) is 38.1 Å². The van der Waals surface area contributed by atoms with Gasteiger partial charge < -0.3 is 5.73 Å². The molecule has 0 saturated heterocycles. The number of hydrogen-bond acceptors (Lipinski definition) is 7. The zero-order valence-corrected chi connectivity index (χ0v) is 17.4. The van der Waals surface area contributed by atoms with Crippen LogP contribution in [0.4, 0.5) is 0 Å². The van der Waals surface area contributed by atoms with Crippen LogP contribution in [-0.4, -0.2) is 32.9 Å². The van der Waals surface area contributed by atoms with Crippen LogP contribution in [0.1, 0.15) is 43.0 Å². The van der Waals surface area contributed by atoms with Crippen molar-refractivity contribution in [2.24, 2.45) is 5.73 Å². The van der Waals surface area contributed by atoms with Gasteiger partial charge in [-0.1, -0.05) is 37.4 Å². The van der Waals surface area contributed by atoms with Gasteiger partial charge in [-0.3, -0.25) is 4.79 Å². The Morgan fingerprint density at radius 3 is 2.69 bits per heavy atom. The number of pyridine rings is 1. The van der Waals surface area contributed by atoms with Crippen molar-refractivity contribution in [1.82, 2.24) is 15.0 Å². The van der Waals surface area contributed by atoms with Crippen LogP contribution in [0.5, 0.6) is 0 Å². The molecule has 0 spiro atoms. The highest BCUT2D eigenvalue weighted by atomic mass is 32.2. The number of aryl methyl sites for hydroxylation is 1. The van der Waals surface area contributed by atoms with Gasteiger partial charge in [0.15, 0.2) is 5.16 Å². The molecule has 2 N–H and O–H groups in total. The molecular formula is C18H20N4OS3. The average Bonchev–Trinajstić information content (AvgIpc) is 3.22. The first-order valence-corrected chi connectivity index (χ1v) is 11.6. The van der Waals surface area contributed by atoms with Crippen LogP contribution < -0.4 is 5.73 Å². The number of carbonyl (C=O) groups is 1. The summed E-state index contributed by atoms with van der Waals surface area (Å²) in [4.78, 5) is 26.8. The monoisotopic (exact) mass is 404 g/mol. The molecule has 0 aliphatic heterocycles. The Kier molecular flexibility index (Phi) is 4.83. The van der Waals surface area contributed by atoms with Crippen LogP contribution in [0, 0.1) is 0 Å². The molecular weight excluding hydrogens is 384 g/mol. The van der Waals surface area contributed by atoms with Crippen molar-refractivity contribution in [3.05, 3.63) is 16.8 Å². The van der Waals surface area contributed by atoms with Crippen LogP contribution in [0.15, 0.2) is 10.2 Å². The van der Waals surface area contributed by atoms with Gasteiger partial charge in [0.05, 0.1) is 16.0 Å². The Bertz CT molecular complexity index is 1030. The van der Waals surface area contributed by atoms with Crippen LogP contribution >= 0.6 is 34.9 Å². The second-order valence-electron chi connectivity index (χ2n) is 6.69. The van der Waals surface area contributed by atoms with Gasteiger partial charge in [0, 0.05) is 11.1 Å². The summed E-state index contributed by atoms with van der Waals surface area (Å²) >= 11 is 4.55. The lowest BCUT2D eigenvalue weighted by Gasteiger charge is -2.11. The maximum absolute atomic E-state index is 11.3. The summed E-state index contributed by atoms with van der Waals surface area (Å²) < 4.78 is 1.02. The quantitative estimate of drug-likeness (QED) is 0.391. The van der Waals surface area contributed by atoms with E-state index in [4.69, 9.17) is 15.7 Å². The lowest BCUT2D eigenvalue weighted by molar-refractivity contribution is -0.115. The van der Waals surface area contributed by atoms with Crippen molar-refractivity contribution < 1.29 is 4.79 Å². The number of rotatable bonds is 5. The summed E-state index contributed by atoms with van der Waals surface area (Å²) in [6.07, 6.45) is 5.34. The highest BCUT2D eigenvalue weighted by molar-refractivity contribution is 8.00. The zero-order valence-electron chi connectivity index (χ0n) is 15.0. The molecule has 1 aliphatic rings. The number of amides is 1. The molecule has 3 aromatic heterocycles. The molecule has 4 rings (SSSR count). The first kappa shape index (κ1) is 18.0. The number of nitrogens with zero attached hydrogens (tertiary/aromatic N) is 3. The number of aromatic nitrogens is 3. The Labute approximate surface area is 164 Å². The number of primary amides is 1. The maximum Gasteiger partial charge on any atom is 0.227 e. The van der Waals surface area contributed by atoms with Gasteiger partial charge in [-0.2, -0.15) is 0 Å². The molecule has 0 atom stereocenters. The predicted octanol–water partition coefficient (Wildman–Crippen LogP) is 4.15. The minimum atomic E-state index is -0.338. The van der Waals surface area contributed by atoms with Gasteiger partial charge in [0.25, 0.3) is 0 Å². The van der Waals surface area contributed by atoms with Gasteiger partial charge in [0.2, 0.25) is 5.91 Å². The number of hydrogen-bond donors (Lipinski definition) is 1. The van der Waals surface area contributed by atoms with Crippen molar-refractivity contribution in [1.29, 1.82) is 0 Å². The lowest BCUT2D eigenvalue weighted by Crippen LogP contribution is -2.13. The van der Waals surface area contributed by atoms with Crippen molar-refractivity contribution >= 4 is 61.2 Å². The van der Waals surface area contributed by atoms with Gasteiger partial charge in [-0.25, -0.2) is 15.0 Å². The van der Waals surface area contributed by atoms with Crippen molar-refractivity contribution in [3.63, 3.8) is 0 Å². The van der Waals surface area contributed by atoms with Crippen molar-refractivity contribution in [2.75, 3.05) is 12.0 Å². The van der Waals surface area contributed by atoms with E-state index < -0.39 is 0 Å². The van der Waals surface area contributed by atoms with Crippen LogP contribution in [-0.2, 0) is 17.6 Å². The number of fused-ring (bicyclic) bond motifs is 5. The Balaban J connectivity index is 2.03. The first-order chi connectivity index (χ1) is 12.5. The summed E-state index contributed by atoms with van der Waals surface area (Å²) in [6.45, 7) is 4.42. The van der Waals surface area contributed by atoms with E-state index >= 15 is 0 Å². The van der Waals surface area contributed by atoms with Crippen LogP contribution in [0.2, 0.25) is 0 Å². The molecule has 1 amide bonds. The van der Waals surface area contributed by atoms with Gasteiger partial charge in [0.1, 0.15) is 9.86 Å². The second-order valence-corrected chi connectivity index (χ2v) is 9.43. The van der Waals surface area contributed by atoms with E-state index in [1.165, 1.54) is 52.2 Å². The third kappa shape index (κ3) is 2.97. The minimum absolute atomic E-state index is 0.219. The van der Waals surface area contributed by atoms with Crippen LogP contribution in [0.25, 0.3) is 20.4 Å². The molecule has 0 unspecified atom stereocenters. The molecule has 0 bridgehead atoms. The van der Waals surface area contributed by atoms with Crippen molar-refractivity contribution in [2.45, 2.75) is 49.2 Å². The van der Waals surface area contributed by atoms with E-state index in [2.05, 4.69) is 18.8 Å². The molecule has 1 aliphatic carbocycles. The Morgan fingerprint density at radius 1 is 1.23 bits per heavy atom. The maximum atomic E-state index is 11.3. The third-order valence-electron chi connectivity index (χ3n) is 4.59. The molecule has 0 radical (unpaired) electrons. The standard InChI is InChI=1S/C18H20N4OS3/c1-8(2)13-10-6-4-5-9(10)12-14-15(26-16(12)20-13)17(25-7-11(19)23)22-18(21-14)24-3/h8H,4-7H2,1-3H3,(H2,19,23). The molecule has 5 nitrogen and oxygen atoms in total. The van der Waals surface area contributed by atoms with Gasteiger partial charge in [-0.15, -0.1) is 11.3 Å². The highest BCUT2D eigenvalue weighted by Crippen LogP contribution is 2.43. The fraction of sp³-hybridized carbons (Fsp3) is 0.444. The van der Waals surface area contributed by atoms with Crippen molar-refractivity contribution in [3.8, 4) is 0 Å². The SMILES string of the molecule is CSc1nc(SCC(N)=O)c2sc3nc(C(C)C)c4c(c3c2n1)CCC4. The topological polar surface area (TPSA) is 81.8 Å². The second kappa shape index (κ2) is 6.98. The molecule has 8 heteroatoms. The number of thiophene rings is 1. The zero-order chi connectivity index (χ0) is 18.4. The van der Waals surface area contributed by atoms with Gasteiger partial charge >= 0.3 is 0 Å². The normalized spacial score (nSPS) is 13.8. The summed E-state index contributed by atoms with van der Waals surface area (Å²) in [5, 5.41) is 2.75. The molecule has 0 saturated carbocycles. The molecule has 0 fully saturated rings. The Hall–Kier alpha value is -1.38. The first-order valence-electron chi connectivity index (χ1n) is 8.60. The number of nitrogens with two attached hydrogens (primary N) is 1. The van der Waals surface area contributed by atoms with E-state index in [1.54, 1.807) is 11.3 Å². The molecule has 3 aromatic rings. The molecule has 0 aromatic carbocycles. The minimum Gasteiger partial charge on any atom is -0.369 e. The summed E-state index contributed by atoms with van der Waals surface area (Å²) in [5.41, 5.74) is 10.4. The molecule has 3 heterocycles. The fourth-order valence-corrected chi connectivity index (χ4v) is 5.98. The average molecular weight is 405 g/mol. The Morgan fingerprint density at radius 2 is 2.00 bits per heavy atom. The summed E-state index contributed by atoms with van der Waals surface area (Å²) in [7, 11) is 0. The smallest absolute Gasteiger partial charge is 0.227 e. The van der Waals surface area contributed by atoms with Crippen LogP contribution in [0.3, 0.4) is 0 Å². The lowest BCUT2D eigenvalue weighted by atomic mass is 9.99. The molecule has 136 valence electrons. The van der Waals surface area contributed by atoms with E-state index in [0.29, 0.717) is 5.92 Å². The summed E-state index contributed by atoms with van der Waals surface area (Å²) in [6, 6.07) is 0. The molecule has 26 heavy (non-hydrogen) atoms. The number of thioether (sulfide) groups is 2. The van der Waals surface area contributed by atoms with Gasteiger partial charge in [-0.05, 0) is 42.6 Å². The number of carbonyl (C=O) groups excluding carboxylic acids is 1. The van der Waals surface area contributed by atoms with E-state index in [9.17, 15) is 4.79 Å². The fourth-order valence-electron chi connectivity index (χ4n) is 3.56. The summed E-state index contributed by atoms with van der Waals surface area (Å²) in [5.74, 6) is 0.291. The van der Waals surface area contributed by atoms with E-state index in [-0.39, 0.29) is 11.7 Å².